The third kappa shape index (κ3) is 2.22. The van der Waals surface area contributed by atoms with Crippen LogP contribution in [0.15, 0.2) is 12.7 Å². The van der Waals surface area contributed by atoms with E-state index in [-0.39, 0.29) is 6.61 Å². The Morgan fingerprint density at radius 1 is 1.52 bits per heavy atom. The van der Waals surface area contributed by atoms with Crippen molar-refractivity contribution in [1.29, 1.82) is 0 Å². The molecular formula is C12H17N5O3Si. The number of rotatable bonds is 4. The third-order valence-corrected chi connectivity index (χ3v) is 5.11. The number of hydrogen-bond donors (Lipinski definition) is 3. The Hall–Kier alpha value is -1.55. The Bertz CT molecular complexity index is 651. The normalized spacial score (nSPS) is 29.3. The number of nitrogens with two attached hydrogens (primary N) is 1. The molecule has 0 unspecified atom stereocenters. The Morgan fingerprint density at radius 3 is 3.00 bits per heavy atom. The number of hydrogen-bond acceptors (Lipinski definition) is 7. The summed E-state index contributed by atoms with van der Waals surface area (Å²) < 4.78 is 7.78. The lowest BCUT2D eigenvalue weighted by Gasteiger charge is -2.30. The van der Waals surface area contributed by atoms with Crippen molar-refractivity contribution < 1.29 is 14.9 Å². The van der Waals surface area contributed by atoms with Gasteiger partial charge in [-0.3, -0.25) is 4.57 Å². The molecule has 2 aromatic heterocycles. The number of aromatic nitrogens is 4. The Kier molecular flexibility index (Phi) is 3.65. The lowest BCUT2D eigenvalue weighted by Crippen LogP contribution is -2.40. The molecule has 4 N–H and O–H groups in total. The number of ether oxygens (including phenoxy) is 1. The molecule has 8 nitrogen and oxygen atoms in total. The van der Waals surface area contributed by atoms with Crippen LogP contribution in [-0.4, -0.2) is 58.1 Å². The van der Waals surface area contributed by atoms with Crippen molar-refractivity contribution in [2.75, 3.05) is 12.3 Å². The molecule has 112 valence electrons. The van der Waals surface area contributed by atoms with E-state index in [1.54, 1.807) is 10.9 Å². The molecule has 3 rings (SSSR count). The van der Waals surface area contributed by atoms with Crippen LogP contribution in [0.2, 0.25) is 6.04 Å². The molecule has 3 heterocycles. The first-order chi connectivity index (χ1) is 10.1. The summed E-state index contributed by atoms with van der Waals surface area (Å²) in [5.41, 5.74) is 6.91. The number of imidazole rings is 1. The van der Waals surface area contributed by atoms with Gasteiger partial charge < -0.3 is 20.7 Å². The fourth-order valence-electron chi connectivity index (χ4n) is 2.70. The lowest BCUT2D eigenvalue weighted by atomic mass is 10.2. The zero-order valence-corrected chi connectivity index (χ0v) is 12.6. The number of nitrogens with zero attached hydrogens (tertiary/aromatic N) is 4. The van der Waals surface area contributed by atoms with E-state index < -0.39 is 17.6 Å². The summed E-state index contributed by atoms with van der Waals surface area (Å²) in [6.45, 7) is 1.82. The molecule has 0 bridgehead atoms. The van der Waals surface area contributed by atoms with E-state index in [4.69, 9.17) is 10.5 Å². The summed E-state index contributed by atoms with van der Waals surface area (Å²) in [6.07, 6.45) is 2.07. The SMILES string of the molecule is CC[Si][C@]1(n2cnc3c(N)ncnc32)C[C@H](O)[C@@H](CO)O1. The zero-order chi connectivity index (χ0) is 15.0. The van der Waals surface area contributed by atoms with Crippen LogP contribution in [0.3, 0.4) is 0 Å². The predicted molar refractivity (Wildman–Crippen MR) is 76.5 cm³/mol. The van der Waals surface area contributed by atoms with Gasteiger partial charge in [0, 0.05) is 6.42 Å². The molecule has 0 aromatic carbocycles. The van der Waals surface area contributed by atoms with E-state index in [0.29, 0.717) is 32.9 Å². The molecular weight excluding hydrogens is 290 g/mol. The maximum absolute atomic E-state index is 10.1. The maximum atomic E-state index is 10.1. The summed E-state index contributed by atoms with van der Waals surface area (Å²) in [7, 11) is 0.397. The highest BCUT2D eigenvalue weighted by Gasteiger charge is 2.47. The second-order valence-electron chi connectivity index (χ2n) is 4.97. The van der Waals surface area contributed by atoms with Crippen LogP contribution in [-0.2, 0) is 10.1 Å². The van der Waals surface area contributed by atoms with E-state index >= 15 is 0 Å². The summed E-state index contributed by atoms with van der Waals surface area (Å²) in [4.78, 5) is 12.4. The van der Waals surface area contributed by atoms with Gasteiger partial charge in [-0.2, -0.15) is 0 Å². The largest absolute Gasteiger partial charge is 0.394 e. The predicted octanol–water partition coefficient (Wildman–Crippen LogP) is -0.697. The molecule has 1 aliphatic rings. The first kappa shape index (κ1) is 14.4. The maximum Gasteiger partial charge on any atom is 0.167 e. The van der Waals surface area contributed by atoms with Crippen molar-refractivity contribution in [3.8, 4) is 0 Å². The second-order valence-corrected chi connectivity index (χ2v) is 6.81. The number of aliphatic hydroxyl groups is 2. The zero-order valence-electron chi connectivity index (χ0n) is 11.6. The van der Waals surface area contributed by atoms with Gasteiger partial charge in [-0.1, -0.05) is 13.0 Å². The second kappa shape index (κ2) is 5.33. The highest BCUT2D eigenvalue weighted by molar-refractivity contribution is 6.38. The van der Waals surface area contributed by atoms with Gasteiger partial charge in [0.1, 0.15) is 32.8 Å². The molecule has 0 aliphatic carbocycles. The van der Waals surface area contributed by atoms with E-state index in [0.717, 1.165) is 6.04 Å². The van der Waals surface area contributed by atoms with Crippen molar-refractivity contribution in [2.24, 2.45) is 0 Å². The van der Waals surface area contributed by atoms with E-state index in [9.17, 15) is 10.2 Å². The smallest absolute Gasteiger partial charge is 0.167 e. The van der Waals surface area contributed by atoms with Gasteiger partial charge in [0.15, 0.2) is 11.5 Å². The lowest BCUT2D eigenvalue weighted by molar-refractivity contribution is -0.0682. The number of anilines is 1. The van der Waals surface area contributed by atoms with Crippen molar-refractivity contribution in [2.45, 2.75) is 36.9 Å². The summed E-state index contributed by atoms with van der Waals surface area (Å²) >= 11 is 0. The third-order valence-electron chi connectivity index (χ3n) is 3.65. The summed E-state index contributed by atoms with van der Waals surface area (Å²) in [6, 6.07) is 0.880. The molecule has 0 saturated carbocycles. The first-order valence-electron chi connectivity index (χ1n) is 6.77. The first-order valence-corrected chi connectivity index (χ1v) is 7.97. The van der Waals surface area contributed by atoms with Crippen LogP contribution in [0.5, 0.6) is 0 Å². The van der Waals surface area contributed by atoms with Gasteiger partial charge in [-0.25, -0.2) is 15.0 Å². The van der Waals surface area contributed by atoms with Crippen molar-refractivity contribution in [3.05, 3.63) is 12.7 Å². The molecule has 2 aromatic rings. The van der Waals surface area contributed by atoms with Crippen LogP contribution in [0.1, 0.15) is 13.3 Å². The van der Waals surface area contributed by atoms with Crippen molar-refractivity contribution in [3.63, 3.8) is 0 Å². The van der Waals surface area contributed by atoms with Crippen molar-refractivity contribution in [1.82, 2.24) is 19.5 Å². The van der Waals surface area contributed by atoms with Gasteiger partial charge in [-0.05, 0) is 0 Å². The summed E-state index contributed by atoms with van der Waals surface area (Å²) in [5, 5.41) is 18.7. The summed E-state index contributed by atoms with van der Waals surface area (Å²) in [5.74, 6) is 0.311. The molecule has 1 saturated heterocycles. The van der Waals surface area contributed by atoms with E-state index in [1.807, 2.05) is 6.92 Å². The minimum Gasteiger partial charge on any atom is -0.394 e. The van der Waals surface area contributed by atoms with Gasteiger partial charge in [0.05, 0.1) is 19.0 Å². The van der Waals surface area contributed by atoms with Gasteiger partial charge in [-0.15, -0.1) is 0 Å². The molecule has 21 heavy (non-hydrogen) atoms. The standard InChI is InChI=1S/C12H17N5O3Si/c1-2-21-12(3-7(19)8(4-18)20-12)17-6-16-9-10(13)14-5-15-11(9)17/h5-8,18-19H,2-4H2,1H3,(H2,13,14,15)/t7-,8+,12-/m0/s1. The molecule has 1 fully saturated rings. The highest BCUT2D eigenvalue weighted by Crippen LogP contribution is 2.37. The van der Waals surface area contributed by atoms with E-state index in [1.165, 1.54) is 6.33 Å². The number of nitrogen functional groups attached to an aromatic ring is 1. The average Bonchev–Trinajstić information content (AvgIpc) is 3.02. The molecule has 9 heteroatoms. The van der Waals surface area contributed by atoms with Gasteiger partial charge in [0.2, 0.25) is 0 Å². The highest BCUT2D eigenvalue weighted by atomic mass is 28.2. The van der Waals surface area contributed by atoms with Crippen LogP contribution < -0.4 is 5.73 Å². The Balaban J connectivity index is 2.10. The van der Waals surface area contributed by atoms with E-state index in [2.05, 4.69) is 15.0 Å². The Labute approximate surface area is 123 Å². The molecule has 2 radical (unpaired) electrons. The molecule has 0 amide bonds. The van der Waals surface area contributed by atoms with Gasteiger partial charge >= 0.3 is 0 Å². The minimum absolute atomic E-state index is 0.221. The number of aliphatic hydroxyl groups excluding tert-OH is 2. The monoisotopic (exact) mass is 307 g/mol. The number of fused-ring (bicyclic) bond motifs is 1. The molecule has 1 aliphatic heterocycles. The van der Waals surface area contributed by atoms with Crippen LogP contribution >= 0.6 is 0 Å². The van der Waals surface area contributed by atoms with Gasteiger partial charge in [0.25, 0.3) is 0 Å². The molecule has 3 atom stereocenters. The Morgan fingerprint density at radius 2 is 2.33 bits per heavy atom. The average molecular weight is 307 g/mol. The van der Waals surface area contributed by atoms with Crippen LogP contribution in [0.4, 0.5) is 5.82 Å². The topological polar surface area (TPSA) is 119 Å². The minimum atomic E-state index is -0.739. The fraction of sp³-hybridized carbons (Fsp3) is 0.583. The van der Waals surface area contributed by atoms with Crippen LogP contribution in [0.25, 0.3) is 11.2 Å². The quantitative estimate of drug-likeness (QED) is 0.639. The fourth-order valence-corrected chi connectivity index (χ4v) is 4.17. The molecule has 0 spiro atoms. The van der Waals surface area contributed by atoms with Crippen LogP contribution in [0, 0.1) is 0 Å². The van der Waals surface area contributed by atoms with Crippen molar-refractivity contribution >= 4 is 26.5 Å².